The maximum atomic E-state index is 10.6. The molecular formula is C6H5BrO3Se. The fourth-order valence-corrected chi connectivity index (χ4v) is 2.10. The molecule has 0 amide bonds. The first-order valence-corrected chi connectivity index (χ1v) is 8.88. The van der Waals surface area contributed by atoms with Gasteiger partial charge in [0.1, 0.15) is 0 Å². The molecular weight excluding hydrogens is 279 g/mol. The van der Waals surface area contributed by atoms with Crippen molar-refractivity contribution in [3.8, 4) is 5.75 Å². The molecule has 0 heterocycles. The normalized spacial score (nSPS) is 11.0. The van der Waals surface area contributed by atoms with Gasteiger partial charge in [-0.15, -0.1) is 0 Å². The maximum absolute atomic E-state index is 10.6. The Labute approximate surface area is 73.0 Å². The molecule has 0 aliphatic rings. The molecule has 0 aliphatic heterocycles. The zero-order chi connectivity index (χ0) is 8.32. The quantitative estimate of drug-likeness (QED) is 0.777. The standard InChI is InChI=1S/C6H5BrO3Se/c7-11(8,9)10-6-4-2-1-3-5-6/h1-5H. The second-order valence-corrected chi connectivity index (χ2v) is 7.91. The van der Waals surface area contributed by atoms with Crippen LogP contribution in [0.1, 0.15) is 0 Å². The predicted octanol–water partition coefficient (Wildman–Crippen LogP) is 1.76. The number of hydrogen-bond donors (Lipinski definition) is 0. The summed E-state index contributed by atoms with van der Waals surface area (Å²) in [6.45, 7) is 0. The van der Waals surface area contributed by atoms with Gasteiger partial charge in [-0.25, -0.2) is 0 Å². The molecule has 11 heavy (non-hydrogen) atoms. The molecule has 1 aromatic carbocycles. The third-order valence-electron chi connectivity index (χ3n) is 0.939. The second-order valence-electron chi connectivity index (χ2n) is 1.79. The van der Waals surface area contributed by atoms with Gasteiger partial charge >= 0.3 is 72.9 Å². The summed E-state index contributed by atoms with van der Waals surface area (Å²) in [5.74, 6) is 0.328. The molecule has 60 valence electrons. The van der Waals surface area contributed by atoms with Crippen LogP contribution in [0.4, 0.5) is 0 Å². The van der Waals surface area contributed by atoms with Gasteiger partial charge in [0.05, 0.1) is 0 Å². The van der Waals surface area contributed by atoms with Crippen LogP contribution in [0.3, 0.4) is 0 Å². The minimum absolute atomic E-state index is 0.328. The summed E-state index contributed by atoms with van der Waals surface area (Å²) >= 11 is -1.81. The van der Waals surface area contributed by atoms with Crippen LogP contribution >= 0.6 is 14.1 Å². The van der Waals surface area contributed by atoms with Crippen molar-refractivity contribution in [2.24, 2.45) is 0 Å². The van der Waals surface area contributed by atoms with Crippen LogP contribution in [0, 0.1) is 0 Å². The van der Waals surface area contributed by atoms with Crippen molar-refractivity contribution in [3.63, 3.8) is 0 Å². The SMILES string of the molecule is O=[Se](=O)(Br)Oc1ccccc1. The molecule has 3 nitrogen and oxygen atoms in total. The van der Waals surface area contributed by atoms with Crippen molar-refractivity contribution < 1.29 is 11.5 Å². The van der Waals surface area contributed by atoms with Gasteiger partial charge in [-0.1, -0.05) is 0 Å². The van der Waals surface area contributed by atoms with Crippen molar-refractivity contribution in [3.05, 3.63) is 30.3 Å². The Morgan fingerprint density at radius 1 is 1.18 bits per heavy atom. The number of benzene rings is 1. The van der Waals surface area contributed by atoms with E-state index in [9.17, 15) is 7.67 Å². The van der Waals surface area contributed by atoms with E-state index in [1.165, 1.54) is 0 Å². The first-order chi connectivity index (χ1) is 5.08. The van der Waals surface area contributed by atoms with E-state index in [1.54, 1.807) is 30.3 Å². The van der Waals surface area contributed by atoms with Crippen LogP contribution in [0.5, 0.6) is 5.75 Å². The monoisotopic (exact) mass is 284 g/mol. The molecule has 5 heteroatoms. The summed E-state index contributed by atoms with van der Waals surface area (Å²) in [4.78, 5) is 0. The molecule has 0 atom stereocenters. The minimum atomic E-state index is -4.25. The summed E-state index contributed by atoms with van der Waals surface area (Å²) in [6.07, 6.45) is 0. The Kier molecular flexibility index (Phi) is 2.65. The fraction of sp³-hybridized carbons (Fsp3) is 0. The molecule has 0 fully saturated rings. The van der Waals surface area contributed by atoms with Gasteiger partial charge in [-0.3, -0.25) is 0 Å². The summed E-state index contributed by atoms with van der Waals surface area (Å²) in [5.41, 5.74) is 0. The van der Waals surface area contributed by atoms with Crippen molar-refractivity contribution >= 4 is 25.3 Å². The predicted molar refractivity (Wildman–Crippen MR) is 43.1 cm³/mol. The third-order valence-corrected chi connectivity index (χ3v) is 2.45. The Morgan fingerprint density at radius 3 is 2.18 bits per heavy atom. The molecule has 0 unspecified atom stereocenters. The van der Waals surface area contributed by atoms with Crippen LogP contribution in [0.2, 0.25) is 0 Å². The van der Waals surface area contributed by atoms with Crippen molar-refractivity contribution in [2.75, 3.05) is 0 Å². The molecule has 0 saturated heterocycles. The molecule has 0 radical (unpaired) electrons. The van der Waals surface area contributed by atoms with Crippen LogP contribution in [0.15, 0.2) is 30.3 Å². The Balaban J connectivity index is 2.82. The van der Waals surface area contributed by atoms with E-state index in [-0.39, 0.29) is 0 Å². The number of hydrogen-bond acceptors (Lipinski definition) is 3. The molecule has 0 bridgehead atoms. The van der Waals surface area contributed by atoms with E-state index >= 15 is 0 Å². The van der Waals surface area contributed by atoms with E-state index in [1.807, 2.05) is 0 Å². The Morgan fingerprint density at radius 2 is 1.73 bits per heavy atom. The zero-order valence-corrected chi connectivity index (χ0v) is 8.70. The zero-order valence-electron chi connectivity index (χ0n) is 5.40. The molecule has 0 saturated carbocycles. The molecule has 0 N–H and O–H groups in total. The summed E-state index contributed by atoms with van der Waals surface area (Å²) in [7, 11) is 0. The van der Waals surface area contributed by atoms with Gasteiger partial charge in [-0.05, 0) is 0 Å². The van der Waals surface area contributed by atoms with Crippen LogP contribution < -0.4 is 3.82 Å². The van der Waals surface area contributed by atoms with E-state index in [0.29, 0.717) is 5.75 Å². The summed E-state index contributed by atoms with van der Waals surface area (Å²) in [5, 5.41) is 0. The number of rotatable bonds is 2. The van der Waals surface area contributed by atoms with Crippen molar-refractivity contribution in [2.45, 2.75) is 0 Å². The van der Waals surface area contributed by atoms with Gasteiger partial charge in [0.15, 0.2) is 0 Å². The third kappa shape index (κ3) is 3.51. The van der Waals surface area contributed by atoms with E-state index in [4.69, 9.17) is 0 Å². The van der Waals surface area contributed by atoms with E-state index < -0.39 is 11.2 Å². The van der Waals surface area contributed by atoms with Gasteiger partial charge in [0, 0.05) is 0 Å². The number of halogens is 1. The Bertz CT molecular complexity index is 319. The van der Waals surface area contributed by atoms with Gasteiger partial charge in [-0.2, -0.15) is 0 Å². The van der Waals surface area contributed by atoms with Gasteiger partial charge < -0.3 is 0 Å². The average Bonchev–Trinajstić information content (AvgIpc) is 1.85. The van der Waals surface area contributed by atoms with E-state index in [2.05, 4.69) is 17.9 Å². The number of para-hydroxylation sites is 1. The molecule has 0 aliphatic carbocycles. The van der Waals surface area contributed by atoms with E-state index in [0.717, 1.165) is 0 Å². The van der Waals surface area contributed by atoms with Crippen LogP contribution in [-0.4, -0.2) is 11.2 Å². The first kappa shape index (κ1) is 8.71. The van der Waals surface area contributed by atoms with Crippen molar-refractivity contribution in [1.29, 1.82) is 0 Å². The molecule has 0 spiro atoms. The van der Waals surface area contributed by atoms with Crippen LogP contribution in [-0.2, 0) is 7.67 Å². The van der Waals surface area contributed by atoms with Crippen LogP contribution in [0.25, 0.3) is 0 Å². The molecule has 1 aromatic rings. The molecule has 1 rings (SSSR count). The summed E-state index contributed by atoms with van der Waals surface area (Å²) < 4.78 is 25.7. The first-order valence-electron chi connectivity index (χ1n) is 2.77. The fourth-order valence-electron chi connectivity index (χ4n) is 0.591. The topological polar surface area (TPSA) is 43.4 Å². The molecule has 0 aromatic heterocycles. The average molecular weight is 284 g/mol. The summed E-state index contributed by atoms with van der Waals surface area (Å²) in [6, 6.07) is 8.32. The van der Waals surface area contributed by atoms with Crippen molar-refractivity contribution in [1.82, 2.24) is 0 Å². The Hall–Kier alpha value is -0.381. The van der Waals surface area contributed by atoms with Gasteiger partial charge in [0.25, 0.3) is 0 Å². The van der Waals surface area contributed by atoms with Gasteiger partial charge in [0.2, 0.25) is 0 Å². The second kappa shape index (κ2) is 3.34.